The predicted octanol–water partition coefficient (Wildman–Crippen LogP) is 38.0. The first kappa shape index (κ1) is 82.4. The van der Waals surface area contributed by atoms with Gasteiger partial charge in [0.2, 0.25) is 0 Å². The first-order chi connectivity index (χ1) is 67.7. The summed E-state index contributed by atoms with van der Waals surface area (Å²) in [6.45, 7) is 23.9. The Morgan fingerprint density at radius 3 is 0.669 bits per heavy atom. The minimum atomic E-state index is -0.146. The molecule has 0 heterocycles. The average Bonchev–Trinajstić information content (AvgIpc) is 1.71. The van der Waals surface area contributed by atoms with Gasteiger partial charge in [0.05, 0.1) is 0 Å². The minimum absolute atomic E-state index is 0.0976. The molecule has 0 bridgehead atoms. The molecule has 0 atom stereocenters. The van der Waals surface area contributed by atoms with Crippen molar-refractivity contribution in [3.05, 3.63) is 492 Å². The summed E-state index contributed by atoms with van der Waals surface area (Å²) in [7, 11) is 0. The molecular weight excluding hydrogens is 1670 g/mol. The normalized spacial score (nSPS) is 14.5. The van der Waals surface area contributed by atoms with Gasteiger partial charge in [-0.3, -0.25) is 0 Å². The fourth-order valence-electron chi connectivity index (χ4n) is 26.1. The van der Waals surface area contributed by atoms with Crippen LogP contribution in [0.25, 0.3) is 231 Å². The molecule has 0 heteroatoms. The molecule has 0 unspecified atom stereocenters. The van der Waals surface area contributed by atoms with E-state index in [1.54, 1.807) is 0 Å². The van der Waals surface area contributed by atoms with Gasteiger partial charge in [-0.1, -0.05) is 457 Å². The highest BCUT2D eigenvalue weighted by molar-refractivity contribution is 6.26. The Hall–Kier alpha value is -16.1. The highest BCUT2D eigenvalue weighted by Crippen LogP contribution is 2.60. The lowest BCUT2D eigenvalue weighted by Crippen LogP contribution is -2.15. The summed E-state index contributed by atoms with van der Waals surface area (Å²) >= 11 is 0. The Labute approximate surface area is 814 Å². The number of rotatable bonds is 9. The van der Waals surface area contributed by atoms with Crippen LogP contribution in [0.15, 0.2) is 437 Å². The van der Waals surface area contributed by atoms with Gasteiger partial charge in [0, 0.05) is 27.1 Å². The van der Waals surface area contributed by atoms with E-state index in [0.717, 1.165) is 0 Å². The molecule has 0 aromatic heterocycles. The number of benzene rings is 23. The SMILES string of the molecule is CC1(C)c2cc(-c3ccccc3)ccc2-c2ccc(-c3ccc4c(-c5ccc6c(c5)C(C)(C)c5ccccc5-6)c5ccccc5c(-c5ccc6c(c5)C(C)(C)c5ccccc5-6)c4c3)cc21.CC1(C)c2ccccc2-c2ccc(-c3c4ccccc4c(-c4ccc5c(c4)C(C)(C)c4ccccc4-5)c4cc(-c5ccc(-c6c7ccccc7c(-c7cccc8ccccc78)c7ccccc67)cc5)ccc34)cc21. The van der Waals surface area contributed by atoms with Crippen molar-refractivity contribution in [1.29, 1.82) is 0 Å². The largest absolute Gasteiger partial charge is 0.0622 e. The zero-order valence-electron chi connectivity index (χ0n) is 80.1. The third-order valence-corrected chi connectivity index (χ3v) is 33.2. The van der Waals surface area contributed by atoms with Crippen LogP contribution in [0.5, 0.6) is 0 Å². The Kier molecular flexibility index (Phi) is 18.0. The molecule has 0 saturated carbocycles. The first-order valence-electron chi connectivity index (χ1n) is 49.6. The monoisotopic (exact) mass is 1770 g/mol. The van der Waals surface area contributed by atoms with Crippen LogP contribution in [0.1, 0.15) is 125 Å². The number of hydrogen-bond acceptors (Lipinski definition) is 0. The van der Waals surface area contributed by atoms with Crippen molar-refractivity contribution in [3.63, 3.8) is 0 Å². The molecule has 28 rings (SSSR count). The molecule has 5 aliphatic rings. The van der Waals surface area contributed by atoms with E-state index in [-0.39, 0.29) is 27.1 Å². The van der Waals surface area contributed by atoms with E-state index in [1.807, 2.05) is 0 Å². The van der Waals surface area contributed by atoms with Crippen LogP contribution in [0.2, 0.25) is 0 Å². The maximum Gasteiger partial charge on any atom is 0.0159 e. The fourth-order valence-corrected chi connectivity index (χ4v) is 26.1. The van der Waals surface area contributed by atoms with Crippen LogP contribution in [-0.2, 0) is 27.1 Å². The van der Waals surface area contributed by atoms with Crippen LogP contribution in [0, 0.1) is 0 Å². The van der Waals surface area contributed by atoms with Gasteiger partial charge in [0.25, 0.3) is 0 Å². The maximum absolute atomic E-state index is 2.51. The Bertz CT molecular complexity index is 9190. The van der Waals surface area contributed by atoms with Crippen LogP contribution in [0.3, 0.4) is 0 Å². The molecule has 0 radical (unpaired) electrons. The lowest BCUT2D eigenvalue weighted by Gasteiger charge is -2.24. The van der Waals surface area contributed by atoms with E-state index in [0.29, 0.717) is 0 Å². The lowest BCUT2D eigenvalue weighted by molar-refractivity contribution is 0.660. The van der Waals surface area contributed by atoms with E-state index in [1.165, 1.54) is 287 Å². The Balaban J connectivity index is 0.000000141. The molecule has 0 fully saturated rings. The molecule has 5 aliphatic carbocycles. The summed E-state index contributed by atoms with van der Waals surface area (Å²) in [5, 5.41) is 17.8. The van der Waals surface area contributed by atoms with E-state index >= 15 is 0 Å². The van der Waals surface area contributed by atoms with Crippen LogP contribution in [-0.4, -0.2) is 0 Å². The van der Waals surface area contributed by atoms with Gasteiger partial charge >= 0.3 is 0 Å². The molecule has 0 nitrogen and oxygen atoms in total. The summed E-state index contributed by atoms with van der Waals surface area (Å²) in [5.41, 5.74) is 49.5. The van der Waals surface area contributed by atoms with Crippen molar-refractivity contribution >= 4 is 75.4 Å². The second-order valence-electron chi connectivity index (χ2n) is 42.3. The van der Waals surface area contributed by atoms with E-state index in [4.69, 9.17) is 0 Å². The maximum atomic E-state index is 2.51. The molecule has 0 amide bonds. The highest BCUT2D eigenvalue weighted by atomic mass is 14.5. The van der Waals surface area contributed by atoms with Gasteiger partial charge in [-0.2, -0.15) is 0 Å². The van der Waals surface area contributed by atoms with Gasteiger partial charge in [0.1, 0.15) is 0 Å². The van der Waals surface area contributed by atoms with Crippen molar-refractivity contribution in [1.82, 2.24) is 0 Å². The van der Waals surface area contributed by atoms with Gasteiger partial charge < -0.3 is 0 Å². The average molecular weight is 1770 g/mol. The Morgan fingerprint density at radius 2 is 0.309 bits per heavy atom. The van der Waals surface area contributed by atoms with E-state index in [2.05, 4.69) is 506 Å². The van der Waals surface area contributed by atoms with E-state index in [9.17, 15) is 0 Å². The number of hydrogen-bond donors (Lipinski definition) is 0. The molecule has 23 aromatic carbocycles. The summed E-state index contributed by atoms with van der Waals surface area (Å²) in [6, 6.07) is 166. The summed E-state index contributed by atoms with van der Waals surface area (Å²) in [6.07, 6.45) is 0. The number of fused-ring (bicyclic) bond motifs is 22. The van der Waals surface area contributed by atoms with Gasteiger partial charge in [-0.25, -0.2) is 0 Å². The molecule has 0 N–H and O–H groups in total. The first-order valence-corrected chi connectivity index (χ1v) is 49.6. The highest BCUT2D eigenvalue weighted by Gasteiger charge is 2.42. The third kappa shape index (κ3) is 12.2. The molecular formula is C139H102. The zero-order chi connectivity index (χ0) is 93.4. The van der Waals surface area contributed by atoms with Crippen molar-refractivity contribution in [2.75, 3.05) is 0 Å². The van der Waals surface area contributed by atoms with Crippen molar-refractivity contribution in [2.45, 2.75) is 96.3 Å². The van der Waals surface area contributed by atoms with Crippen molar-refractivity contribution in [2.24, 2.45) is 0 Å². The summed E-state index contributed by atoms with van der Waals surface area (Å²) in [5.74, 6) is 0. The van der Waals surface area contributed by atoms with Gasteiger partial charge in [-0.15, -0.1) is 0 Å². The standard InChI is InChI=1S/C74H52.C65H50/c1-73(2)65-30-15-13-21-52(65)54-39-37-49(43-67(54)73)70-57-23-7-8-24-58(57)71(50-38-40-55-53-22-14-16-31-66(53)74(3,4)68(55)44-50)64-42-48(36-41-63(64)70)45-32-34-47(35-33-45)69-59-25-9-11-27-61(59)72(62-28-12-10-26-60(62)69)56-29-17-19-46-18-5-6-20-51(46)56;1-63(2)55-22-14-12-18-45(55)47-31-27-43(37-59(47)63)61-51-20-10-11-21-52(51)62(44-28-32-48-46-19-13-15-23-56(46)64(3,4)60(48)38-44)54-34-40(26-33-53(54)61)42-25-30-50-49-29-24-41(39-16-8-7-9-17-39)35-57(49)65(5,6)58(50)36-42/h5-44H,1-4H3;7-38H,1-6H3. The molecule has 23 aromatic rings. The Morgan fingerprint density at radius 1 is 0.108 bits per heavy atom. The third-order valence-electron chi connectivity index (χ3n) is 33.2. The topological polar surface area (TPSA) is 0 Å². The van der Waals surface area contributed by atoms with Gasteiger partial charge in [-0.05, 0) is 335 Å². The predicted molar refractivity (Wildman–Crippen MR) is 592 cm³/mol. The van der Waals surface area contributed by atoms with E-state index < -0.39 is 0 Å². The minimum Gasteiger partial charge on any atom is -0.0622 e. The van der Waals surface area contributed by atoms with Crippen LogP contribution in [0.4, 0.5) is 0 Å². The quantitative estimate of drug-likeness (QED) is 0.126. The summed E-state index contributed by atoms with van der Waals surface area (Å²) < 4.78 is 0. The lowest BCUT2D eigenvalue weighted by atomic mass is 9.79. The second kappa shape index (κ2) is 30.4. The molecule has 658 valence electrons. The zero-order valence-corrected chi connectivity index (χ0v) is 80.1. The second-order valence-corrected chi connectivity index (χ2v) is 42.3. The molecule has 0 saturated heterocycles. The fraction of sp³-hybridized carbons (Fsp3) is 0.108. The molecule has 139 heavy (non-hydrogen) atoms. The molecule has 0 spiro atoms. The van der Waals surface area contributed by atoms with Gasteiger partial charge in [0.15, 0.2) is 0 Å². The van der Waals surface area contributed by atoms with Crippen LogP contribution >= 0.6 is 0 Å². The van der Waals surface area contributed by atoms with Crippen LogP contribution < -0.4 is 0 Å². The molecule has 0 aliphatic heterocycles. The van der Waals surface area contributed by atoms with Crippen molar-refractivity contribution in [3.8, 4) is 156 Å². The summed E-state index contributed by atoms with van der Waals surface area (Å²) in [4.78, 5) is 0. The van der Waals surface area contributed by atoms with Crippen molar-refractivity contribution < 1.29 is 0 Å². The smallest absolute Gasteiger partial charge is 0.0159 e.